The van der Waals surface area contributed by atoms with Crippen molar-refractivity contribution < 1.29 is 14.0 Å². The molecule has 8 heteroatoms. The number of amides is 2. The maximum atomic E-state index is 12.7. The number of H-pyrrole nitrogens is 1. The Morgan fingerprint density at radius 1 is 1.35 bits per heavy atom. The molecule has 0 saturated heterocycles. The molecule has 3 aromatic rings. The van der Waals surface area contributed by atoms with Crippen LogP contribution in [0.15, 0.2) is 33.7 Å². The minimum absolute atomic E-state index is 0.00842. The molecule has 0 aliphatic carbocycles. The fraction of sp³-hybridized carbons (Fsp3) is 0.222. The van der Waals surface area contributed by atoms with E-state index in [2.05, 4.69) is 20.6 Å². The zero-order valence-corrected chi connectivity index (χ0v) is 14.0. The maximum Gasteiger partial charge on any atom is 0.262 e. The highest BCUT2D eigenvalue weighted by Gasteiger charge is 2.22. The third-order valence-corrected chi connectivity index (χ3v) is 4.52. The summed E-state index contributed by atoms with van der Waals surface area (Å²) in [5.41, 5.74) is 2.81. The first-order valence-corrected chi connectivity index (χ1v) is 8.16. The lowest BCUT2D eigenvalue weighted by atomic mass is 9.95. The van der Waals surface area contributed by atoms with Crippen LogP contribution >= 0.6 is 0 Å². The van der Waals surface area contributed by atoms with E-state index in [4.69, 9.17) is 4.42 Å². The number of hydrogen-bond acceptors (Lipinski definition) is 5. The van der Waals surface area contributed by atoms with Gasteiger partial charge in [-0.15, -0.1) is 0 Å². The van der Waals surface area contributed by atoms with Crippen LogP contribution in [0.1, 0.15) is 32.8 Å². The molecule has 132 valence electrons. The van der Waals surface area contributed by atoms with Crippen LogP contribution in [0.5, 0.6) is 0 Å². The van der Waals surface area contributed by atoms with Crippen molar-refractivity contribution in [3.8, 4) is 0 Å². The molecule has 3 heterocycles. The number of rotatable bonds is 3. The summed E-state index contributed by atoms with van der Waals surface area (Å²) in [4.78, 5) is 42.6. The number of benzene rings is 1. The second-order valence-electron chi connectivity index (χ2n) is 6.14. The second kappa shape index (κ2) is 6.14. The average Bonchev–Trinajstić information content (AvgIpc) is 2.96. The molecule has 0 bridgehead atoms. The number of aryl methyl sites for hydroxylation is 1. The van der Waals surface area contributed by atoms with Crippen molar-refractivity contribution in [3.05, 3.63) is 62.9 Å². The van der Waals surface area contributed by atoms with Gasteiger partial charge >= 0.3 is 0 Å². The van der Waals surface area contributed by atoms with E-state index in [1.165, 1.54) is 6.33 Å². The molecule has 0 atom stereocenters. The third-order valence-electron chi connectivity index (χ3n) is 4.52. The average molecular weight is 352 g/mol. The highest BCUT2D eigenvalue weighted by Crippen LogP contribution is 2.22. The van der Waals surface area contributed by atoms with Gasteiger partial charge in [-0.25, -0.2) is 4.98 Å². The lowest BCUT2D eigenvalue weighted by Gasteiger charge is -2.20. The molecule has 2 amide bonds. The Kier molecular flexibility index (Phi) is 3.80. The number of nitrogens with zero attached hydrogens (tertiary/aromatic N) is 1. The van der Waals surface area contributed by atoms with Crippen LogP contribution in [0.2, 0.25) is 0 Å². The largest absolute Gasteiger partial charge is 0.442 e. The van der Waals surface area contributed by atoms with E-state index in [1.54, 1.807) is 6.92 Å². The topological polar surface area (TPSA) is 117 Å². The van der Waals surface area contributed by atoms with E-state index in [-0.39, 0.29) is 29.1 Å². The molecule has 0 radical (unpaired) electrons. The fourth-order valence-corrected chi connectivity index (χ4v) is 3.26. The second-order valence-corrected chi connectivity index (χ2v) is 6.14. The van der Waals surface area contributed by atoms with Gasteiger partial charge in [-0.1, -0.05) is 18.2 Å². The molecule has 3 N–H and O–H groups in total. The number of nitrogens with one attached hydrogen (secondary N) is 3. The first-order valence-electron chi connectivity index (χ1n) is 8.16. The van der Waals surface area contributed by atoms with Crippen LogP contribution < -0.4 is 16.2 Å². The minimum atomic E-state index is -0.420. The summed E-state index contributed by atoms with van der Waals surface area (Å²) >= 11 is 0. The van der Waals surface area contributed by atoms with Gasteiger partial charge in [-0.3, -0.25) is 14.4 Å². The van der Waals surface area contributed by atoms with Gasteiger partial charge in [-0.2, -0.15) is 0 Å². The zero-order valence-electron chi connectivity index (χ0n) is 14.0. The van der Waals surface area contributed by atoms with Crippen LogP contribution in [-0.2, 0) is 24.3 Å². The van der Waals surface area contributed by atoms with E-state index in [0.717, 1.165) is 16.7 Å². The van der Waals surface area contributed by atoms with Gasteiger partial charge in [0.25, 0.3) is 11.5 Å². The summed E-state index contributed by atoms with van der Waals surface area (Å²) in [6, 6.07) is 5.69. The molecule has 1 aromatic carbocycles. The maximum absolute atomic E-state index is 12.7. The predicted molar refractivity (Wildman–Crippen MR) is 92.5 cm³/mol. The van der Waals surface area contributed by atoms with Crippen molar-refractivity contribution in [2.45, 2.75) is 26.4 Å². The van der Waals surface area contributed by atoms with Gasteiger partial charge < -0.3 is 20.0 Å². The van der Waals surface area contributed by atoms with Gasteiger partial charge in [0.15, 0.2) is 0 Å². The molecule has 1 aliphatic rings. The zero-order chi connectivity index (χ0) is 18.3. The van der Waals surface area contributed by atoms with Crippen LogP contribution in [-0.4, -0.2) is 21.8 Å². The van der Waals surface area contributed by atoms with Crippen molar-refractivity contribution in [1.82, 2.24) is 20.6 Å². The molecule has 0 fully saturated rings. The Morgan fingerprint density at radius 3 is 3.04 bits per heavy atom. The lowest BCUT2D eigenvalue weighted by molar-refractivity contribution is -0.121. The number of carbonyl (C=O) groups is 2. The van der Waals surface area contributed by atoms with Crippen LogP contribution in [0.3, 0.4) is 0 Å². The van der Waals surface area contributed by atoms with Crippen LogP contribution in [0.25, 0.3) is 11.1 Å². The number of fused-ring (bicyclic) bond motifs is 2. The summed E-state index contributed by atoms with van der Waals surface area (Å²) in [7, 11) is 0. The Morgan fingerprint density at radius 2 is 2.19 bits per heavy atom. The standard InChI is InChI=1S/C18H16N4O4/c1-9-14(15-17(25)21-8-22-18(15)26-9)16(24)20-6-11-4-2-3-10-5-13(23)19-7-12(10)11/h2-4,8H,5-7H2,1H3,(H,19,23)(H,20,24)(H,21,22,25). The number of aromatic nitrogens is 2. The Hall–Kier alpha value is -3.42. The molecule has 0 saturated carbocycles. The summed E-state index contributed by atoms with van der Waals surface area (Å²) in [5, 5.41) is 5.79. The highest BCUT2D eigenvalue weighted by atomic mass is 16.3. The molecule has 4 rings (SSSR count). The smallest absolute Gasteiger partial charge is 0.262 e. The van der Waals surface area contributed by atoms with E-state index in [1.807, 2.05) is 18.2 Å². The van der Waals surface area contributed by atoms with E-state index in [9.17, 15) is 14.4 Å². The van der Waals surface area contributed by atoms with E-state index in [0.29, 0.717) is 18.7 Å². The number of aromatic amines is 1. The highest BCUT2D eigenvalue weighted by molar-refractivity contribution is 6.06. The van der Waals surface area contributed by atoms with E-state index < -0.39 is 11.5 Å². The van der Waals surface area contributed by atoms with Gasteiger partial charge in [0.05, 0.1) is 18.3 Å². The molecule has 0 spiro atoms. The lowest BCUT2D eigenvalue weighted by Crippen LogP contribution is -2.32. The van der Waals surface area contributed by atoms with Gasteiger partial charge in [0.2, 0.25) is 11.6 Å². The summed E-state index contributed by atoms with van der Waals surface area (Å²) in [5.74, 6) is -0.0767. The Balaban J connectivity index is 1.61. The first-order chi connectivity index (χ1) is 12.5. The number of carbonyl (C=O) groups excluding carboxylic acids is 2. The number of hydrogen-bond donors (Lipinski definition) is 3. The van der Waals surface area contributed by atoms with Crippen molar-refractivity contribution in [2.75, 3.05) is 0 Å². The van der Waals surface area contributed by atoms with Gasteiger partial charge in [0, 0.05) is 13.1 Å². The Labute approximate surface area is 147 Å². The van der Waals surface area contributed by atoms with Crippen molar-refractivity contribution in [3.63, 3.8) is 0 Å². The molecular formula is C18H16N4O4. The van der Waals surface area contributed by atoms with Gasteiger partial charge in [-0.05, 0) is 23.6 Å². The van der Waals surface area contributed by atoms with Crippen molar-refractivity contribution in [1.29, 1.82) is 0 Å². The summed E-state index contributed by atoms with van der Waals surface area (Å²) in [6.45, 7) is 2.34. The minimum Gasteiger partial charge on any atom is -0.442 e. The molecular weight excluding hydrogens is 336 g/mol. The predicted octanol–water partition coefficient (Wildman–Crippen LogP) is 0.927. The first kappa shape index (κ1) is 16.1. The number of furan rings is 1. The van der Waals surface area contributed by atoms with Crippen LogP contribution in [0.4, 0.5) is 0 Å². The molecule has 0 unspecified atom stereocenters. The summed E-state index contributed by atoms with van der Waals surface area (Å²) < 4.78 is 5.42. The SMILES string of the molecule is Cc1oc2nc[nH]c(=O)c2c1C(=O)NCc1cccc2c1CNC(=O)C2. The van der Waals surface area contributed by atoms with Gasteiger partial charge in [0.1, 0.15) is 11.1 Å². The van der Waals surface area contributed by atoms with E-state index >= 15 is 0 Å². The Bertz CT molecular complexity index is 1100. The third kappa shape index (κ3) is 2.65. The molecule has 2 aromatic heterocycles. The molecule has 8 nitrogen and oxygen atoms in total. The quantitative estimate of drug-likeness (QED) is 0.648. The summed E-state index contributed by atoms with van der Waals surface area (Å²) in [6.07, 6.45) is 1.57. The van der Waals surface area contributed by atoms with Crippen LogP contribution in [0, 0.1) is 6.92 Å². The van der Waals surface area contributed by atoms with Crippen molar-refractivity contribution >= 4 is 22.9 Å². The monoisotopic (exact) mass is 352 g/mol. The van der Waals surface area contributed by atoms with Crippen molar-refractivity contribution in [2.24, 2.45) is 0 Å². The molecule has 1 aliphatic heterocycles. The normalized spacial score (nSPS) is 13.3. The molecule has 26 heavy (non-hydrogen) atoms. The fourth-order valence-electron chi connectivity index (χ4n) is 3.26.